The highest BCUT2D eigenvalue weighted by Crippen LogP contribution is 2.13. The Kier molecular flexibility index (Phi) is 4.58. The first kappa shape index (κ1) is 13.6. The molecular weight excluding hydrogens is 261 g/mol. The van der Waals surface area contributed by atoms with Crippen molar-refractivity contribution in [3.8, 4) is 0 Å². The molecule has 0 aliphatic heterocycles. The molecular formula is C15H14FNOS. The fourth-order valence-corrected chi connectivity index (χ4v) is 2.21. The van der Waals surface area contributed by atoms with E-state index in [9.17, 15) is 9.18 Å². The van der Waals surface area contributed by atoms with E-state index in [0.29, 0.717) is 11.3 Å². The number of rotatable bonds is 4. The number of carbonyl (C=O) groups is 1. The van der Waals surface area contributed by atoms with E-state index in [1.807, 2.05) is 18.4 Å². The smallest absolute Gasteiger partial charge is 0.255 e. The normalized spacial score (nSPS) is 10.2. The molecule has 0 atom stereocenters. The highest BCUT2D eigenvalue weighted by molar-refractivity contribution is 7.97. The Morgan fingerprint density at radius 1 is 1.21 bits per heavy atom. The Bertz CT molecular complexity index is 569. The van der Waals surface area contributed by atoms with Crippen molar-refractivity contribution in [1.82, 2.24) is 0 Å². The van der Waals surface area contributed by atoms with E-state index in [1.165, 1.54) is 17.7 Å². The van der Waals surface area contributed by atoms with Crippen LogP contribution in [0.5, 0.6) is 0 Å². The van der Waals surface area contributed by atoms with Crippen LogP contribution in [0.1, 0.15) is 15.9 Å². The van der Waals surface area contributed by atoms with Gasteiger partial charge in [-0.3, -0.25) is 4.79 Å². The third-order valence-electron chi connectivity index (χ3n) is 2.61. The van der Waals surface area contributed by atoms with E-state index < -0.39 is 0 Å². The number of hydrogen-bond acceptors (Lipinski definition) is 2. The third-order valence-corrected chi connectivity index (χ3v) is 3.23. The van der Waals surface area contributed by atoms with Crippen LogP contribution in [0, 0.1) is 5.82 Å². The molecule has 0 saturated heterocycles. The maximum atomic E-state index is 13.0. The predicted octanol–water partition coefficient (Wildman–Crippen LogP) is 3.94. The maximum Gasteiger partial charge on any atom is 0.255 e. The van der Waals surface area contributed by atoms with Gasteiger partial charge in [0.1, 0.15) is 5.82 Å². The van der Waals surface area contributed by atoms with Crippen molar-refractivity contribution in [3.63, 3.8) is 0 Å². The van der Waals surface area contributed by atoms with Gasteiger partial charge >= 0.3 is 0 Å². The lowest BCUT2D eigenvalue weighted by molar-refractivity contribution is 0.102. The molecule has 4 heteroatoms. The SMILES string of the molecule is CSCc1ccc(C(=O)Nc2cccc(F)c2)cc1. The van der Waals surface area contributed by atoms with Crippen molar-refractivity contribution in [2.75, 3.05) is 11.6 Å². The molecule has 98 valence electrons. The van der Waals surface area contributed by atoms with Gasteiger partial charge in [-0.15, -0.1) is 0 Å². The molecule has 0 saturated carbocycles. The van der Waals surface area contributed by atoms with Gasteiger partial charge in [-0.1, -0.05) is 18.2 Å². The van der Waals surface area contributed by atoms with Crippen LogP contribution >= 0.6 is 11.8 Å². The Balaban J connectivity index is 2.07. The lowest BCUT2D eigenvalue weighted by Crippen LogP contribution is -2.11. The number of thioether (sulfide) groups is 1. The summed E-state index contributed by atoms with van der Waals surface area (Å²) in [4.78, 5) is 12.0. The summed E-state index contributed by atoms with van der Waals surface area (Å²) in [6, 6.07) is 13.3. The lowest BCUT2D eigenvalue weighted by atomic mass is 10.1. The topological polar surface area (TPSA) is 29.1 Å². The van der Waals surface area contributed by atoms with Crippen LogP contribution in [0.3, 0.4) is 0 Å². The van der Waals surface area contributed by atoms with Gasteiger partial charge in [0.15, 0.2) is 0 Å². The van der Waals surface area contributed by atoms with Crippen LogP contribution in [0.25, 0.3) is 0 Å². The molecule has 2 aromatic rings. The summed E-state index contributed by atoms with van der Waals surface area (Å²) in [6.07, 6.45) is 2.03. The van der Waals surface area contributed by atoms with Crippen LogP contribution < -0.4 is 5.32 Å². The number of anilines is 1. The Labute approximate surface area is 116 Å². The molecule has 0 radical (unpaired) electrons. The predicted molar refractivity (Wildman–Crippen MR) is 78.0 cm³/mol. The molecule has 0 aromatic heterocycles. The van der Waals surface area contributed by atoms with Gasteiger partial charge in [-0.2, -0.15) is 11.8 Å². The number of halogens is 1. The van der Waals surface area contributed by atoms with Crippen molar-refractivity contribution in [2.24, 2.45) is 0 Å². The molecule has 0 bridgehead atoms. The number of amides is 1. The fourth-order valence-electron chi connectivity index (χ4n) is 1.69. The number of hydrogen-bond donors (Lipinski definition) is 1. The molecule has 0 aliphatic carbocycles. The molecule has 2 rings (SSSR count). The van der Waals surface area contributed by atoms with Crippen LogP contribution in [-0.4, -0.2) is 12.2 Å². The van der Waals surface area contributed by atoms with Crippen molar-refractivity contribution in [2.45, 2.75) is 5.75 Å². The van der Waals surface area contributed by atoms with Crippen LogP contribution in [0.2, 0.25) is 0 Å². The van der Waals surface area contributed by atoms with Gasteiger partial charge in [0.2, 0.25) is 0 Å². The second kappa shape index (κ2) is 6.38. The minimum absolute atomic E-state index is 0.235. The summed E-state index contributed by atoms with van der Waals surface area (Å²) in [5.41, 5.74) is 2.20. The Morgan fingerprint density at radius 2 is 1.95 bits per heavy atom. The first-order valence-corrected chi connectivity index (χ1v) is 7.23. The van der Waals surface area contributed by atoms with Gasteiger partial charge in [0.05, 0.1) is 0 Å². The summed E-state index contributed by atoms with van der Waals surface area (Å²) in [7, 11) is 0. The fraction of sp³-hybridized carbons (Fsp3) is 0.133. The summed E-state index contributed by atoms with van der Waals surface area (Å²) < 4.78 is 13.0. The summed E-state index contributed by atoms with van der Waals surface area (Å²) in [6.45, 7) is 0. The zero-order valence-corrected chi connectivity index (χ0v) is 11.3. The second-order valence-electron chi connectivity index (χ2n) is 4.09. The number of carbonyl (C=O) groups excluding carboxylic acids is 1. The van der Waals surface area contributed by atoms with Crippen molar-refractivity contribution >= 4 is 23.4 Å². The largest absolute Gasteiger partial charge is 0.322 e. The quantitative estimate of drug-likeness (QED) is 0.915. The van der Waals surface area contributed by atoms with Gasteiger partial charge in [0, 0.05) is 17.0 Å². The minimum atomic E-state index is -0.367. The molecule has 0 spiro atoms. The number of nitrogens with one attached hydrogen (secondary N) is 1. The van der Waals surface area contributed by atoms with E-state index in [2.05, 4.69) is 5.32 Å². The molecule has 1 amide bonds. The van der Waals surface area contributed by atoms with Gasteiger partial charge in [-0.25, -0.2) is 4.39 Å². The van der Waals surface area contributed by atoms with Gasteiger partial charge in [0.25, 0.3) is 5.91 Å². The molecule has 0 fully saturated rings. The molecule has 0 heterocycles. The standard InChI is InChI=1S/C15H14FNOS/c1-19-10-11-5-7-12(8-6-11)15(18)17-14-4-2-3-13(16)9-14/h2-9H,10H2,1H3,(H,17,18). The minimum Gasteiger partial charge on any atom is -0.322 e. The highest BCUT2D eigenvalue weighted by atomic mass is 32.2. The van der Waals surface area contributed by atoms with E-state index in [1.54, 1.807) is 36.0 Å². The summed E-state index contributed by atoms with van der Waals surface area (Å²) in [5.74, 6) is 0.320. The van der Waals surface area contributed by atoms with Crippen molar-refractivity contribution in [3.05, 3.63) is 65.5 Å². The van der Waals surface area contributed by atoms with Gasteiger partial charge < -0.3 is 5.32 Å². The Morgan fingerprint density at radius 3 is 2.58 bits per heavy atom. The van der Waals surface area contributed by atoms with E-state index in [4.69, 9.17) is 0 Å². The van der Waals surface area contributed by atoms with Crippen molar-refractivity contribution < 1.29 is 9.18 Å². The highest BCUT2D eigenvalue weighted by Gasteiger charge is 2.06. The first-order chi connectivity index (χ1) is 9.19. The number of benzene rings is 2. The zero-order valence-electron chi connectivity index (χ0n) is 10.5. The van der Waals surface area contributed by atoms with E-state index >= 15 is 0 Å². The maximum absolute atomic E-state index is 13.0. The lowest BCUT2D eigenvalue weighted by Gasteiger charge is -2.06. The molecule has 1 N–H and O–H groups in total. The van der Waals surface area contributed by atoms with E-state index in [-0.39, 0.29) is 11.7 Å². The molecule has 19 heavy (non-hydrogen) atoms. The van der Waals surface area contributed by atoms with E-state index in [0.717, 1.165) is 5.75 Å². The average molecular weight is 275 g/mol. The molecule has 2 aromatic carbocycles. The molecule has 0 unspecified atom stereocenters. The van der Waals surface area contributed by atoms with Gasteiger partial charge in [-0.05, 0) is 42.2 Å². The third kappa shape index (κ3) is 3.83. The van der Waals surface area contributed by atoms with Crippen LogP contribution in [0.4, 0.5) is 10.1 Å². The molecule has 2 nitrogen and oxygen atoms in total. The summed E-state index contributed by atoms with van der Waals surface area (Å²) in [5, 5.41) is 2.67. The Hall–Kier alpha value is -1.81. The van der Waals surface area contributed by atoms with Crippen LogP contribution in [0.15, 0.2) is 48.5 Å². The summed E-state index contributed by atoms with van der Waals surface area (Å²) >= 11 is 1.73. The van der Waals surface area contributed by atoms with Crippen LogP contribution in [-0.2, 0) is 5.75 Å². The molecule has 0 aliphatic rings. The second-order valence-corrected chi connectivity index (χ2v) is 4.96. The van der Waals surface area contributed by atoms with Crippen molar-refractivity contribution in [1.29, 1.82) is 0 Å². The first-order valence-electron chi connectivity index (χ1n) is 5.84. The zero-order chi connectivity index (χ0) is 13.7. The average Bonchev–Trinajstić information content (AvgIpc) is 2.40. The monoisotopic (exact) mass is 275 g/mol.